The van der Waals surface area contributed by atoms with Crippen molar-refractivity contribution in [1.82, 2.24) is 4.57 Å². The Morgan fingerprint density at radius 1 is 0.727 bits per heavy atom. The van der Waals surface area contributed by atoms with Crippen LogP contribution in [0.3, 0.4) is 0 Å². The molecule has 0 unspecified atom stereocenters. The van der Waals surface area contributed by atoms with Gasteiger partial charge in [0.15, 0.2) is 0 Å². The fraction of sp³-hybridized carbons (Fsp3) is 0.100. The van der Waals surface area contributed by atoms with Crippen molar-refractivity contribution in [3.63, 3.8) is 0 Å². The van der Waals surface area contributed by atoms with Crippen LogP contribution in [0.25, 0.3) is 21.8 Å². The van der Waals surface area contributed by atoms with E-state index in [-0.39, 0.29) is 0 Å². The monoisotopic (exact) mass is 286 g/mol. The van der Waals surface area contributed by atoms with E-state index < -0.39 is 0 Å². The van der Waals surface area contributed by atoms with Gasteiger partial charge in [0.25, 0.3) is 0 Å². The highest BCUT2D eigenvalue weighted by Gasteiger charge is 2.14. The van der Waals surface area contributed by atoms with Gasteiger partial charge in [0, 0.05) is 36.1 Å². The summed E-state index contributed by atoms with van der Waals surface area (Å²) in [5, 5.41) is 2.61. The van der Waals surface area contributed by atoms with Crippen LogP contribution in [0.1, 0.15) is 0 Å². The number of aromatic nitrogens is 1. The third-order valence-electron chi connectivity index (χ3n) is 4.41. The van der Waals surface area contributed by atoms with Gasteiger partial charge in [0.1, 0.15) is 0 Å². The van der Waals surface area contributed by atoms with E-state index in [0.717, 1.165) is 0 Å². The number of hydrogen-bond acceptors (Lipinski definition) is 1. The van der Waals surface area contributed by atoms with Crippen molar-refractivity contribution in [2.24, 2.45) is 7.05 Å². The summed E-state index contributed by atoms with van der Waals surface area (Å²) >= 11 is 0. The molecule has 0 aliphatic carbocycles. The van der Waals surface area contributed by atoms with E-state index in [1.54, 1.807) is 0 Å². The summed E-state index contributed by atoms with van der Waals surface area (Å²) < 4.78 is 2.29. The standard InChI is InChI=1S/C20H18N2/c1-21(15-9-4-3-5-10-15)19-14-8-12-17-16-11-6-7-13-18(16)22(2)20(17)19/h3-14H,1-2H3. The molecule has 0 bridgehead atoms. The largest absolute Gasteiger partial charge is 0.343 e. The molecule has 0 amide bonds. The highest BCUT2D eigenvalue weighted by molar-refractivity contribution is 6.12. The molecule has 3 aromatic carbocycles. The maximum absolute atomic E-state index is 2.29. The van der Waals surface area contributed by atoms with E-state index >= 15 is 0 Å². The maximum atomic E-state index is 2.29. The van der Waals surface area contributed by atoms with E-state index in [4.69, 9.17) is 0 Å². The average molecular weight is 286 g/mol. The minimum absolute atomic E-state index is 1.19. The van der Waals surface area contributed by atoms with E-state index in [2.05, 4.69) is 96.4 Å². The van der Waals surface area contributed by atoms with Crippen LogP contribution in [0.15, 0.2) is 72.8 Å². The van der Waals surface area contributed by atoms with Crippen LogP contribution in [-0.4, -0.2) is 11.6 Å². The van der Waals surface area contributed by atoms with Crippen molar-refractivity contribution in [2.45, 2.75) is 0 Å². The summed E-state index contributed by atoms with van der Waals surface area (Å²) in [4.78, 5) is 2.25. The molecule has 0 saturated heterocycles. The summed E-state index contributed by atoms with van der Waals surface area (Å²) in [7, 11) is 4.27. The highest BCUT2D eigenvalue weighted by atomic mass is 15.1. The van der Waals surface area contributed by atoms with Gasteiger partial charge < -0.3 is 9.47 Å². The topological polar surface area (TPSA) is 8.17 Å². The van der Waals surface area contributed by atoms with Crippen molar-refractivity contribution in [2.75, 3.05) is 11.9 Å². The van der Waals surface area contributed by atoms with Gasteiger partial charge in [-0.25, -0.2) is 0 Å². The highest BCUT2D eigenvalue weighted by Crippen LogP contribution is 2.36. The number of rotatable bonds is 2. The summed E-state index contributed by atoms with van der Waals surface area (Å²) in [5.41, 5.74) is 4.96. The van der Waals surface area contributed by atoms with Crippen molar-refractivity contribution in [3.8, 4) is 0 Å². The van der Waals surface area contributed by atoms with Gasteiger partial charge in [-0.15, -0.1) is 0 Å². The number of anilines is 2. The third-order valence-corrected chi connectivity index (χ3v) is 4.41. The van der Waals surface area contributed by atoms with Crippen LogP contribution >= 0.6 is 0 Å². The van der Waals surface area contributed by atoms with Gasteiger partial charge in [-0.3, -0.25) is 0 Å². The molecule has 0 saturated carbocycles. The Morgan fingerprint density at radius 3 is 2.23 bits per heavy atom. The van der Waals surface area contributed by atoms with Crippen LogP contribution in [-0.2, 0) is 7.05 Å². The summed E-state index contributed by atoms with van der Waals surface area (Å²) in [6, 6.07) is 25.6. The van der Waals surface area contributed by atoms with Crippen molar-refractivity contribution in [1.29, 1.82) is 0 Å². The second-order valence-electron chi connectivity index (χ2n) is 5.64. The molecule has 1 aromatic heterocycles. The lowest BCUT2D eigenvalue weighted by atomic mass is 10.1. The molecule has 2 nitrogen and oxygen atoms in total. The Hall–Kier alpha value is -2.74. The van der Waals surface area contributed by atoms with Gasteiger partial charge in [0.05, 0.1) is 11.2 Å². The van der Waals surface area contributed by atoms with Gasteiger partial charge >= 0.3 is 0 Å². The Balaban J connectivity index is 2.03. The Bertz CT molecular complexity index is 951. The fourth-order valence-electron chi connectivity index (χ4n) is 3.28. The van der Waals surface area contributed by atoms with E-state index in [9.17, 15) is 0 Å². The Labute approximate surface area is 130 Å². The van der Waals surface area contributed by atoms with Crippen molar-refractivity contribution < 1.29 is 0 Å². The molecule has 4 aromatic rings. The molecule has 0 fully saturated rings. The molecule has 0 N–H and O–H groups in total. The quantitative estimate of drug-likeness (QED) is 0.498. The first kappa shape index (κ1) is 13.0. The van der Waals surface area contributed by atoms with Crippen LogP contribution in [0.5, 0.6) is 0 Å². The van der Waals surface area contributed by atoms with E-state index in [1.807, 2.05) is 0 Å². The predicted molar refractivity (Wildman–Crippen MR) is 94.9 cm³/mol. The van der Waals surface area contributed by atoms with Gasteiger partial charge in [-0.2, -0.15) is 0 Å². The molecule has 0 aliphatic heterocycles. The fourth-order valence-corrected chi connectivity index (χ4v) is 3.28. The summed E-state index contributed by atoms with van der Waals surface area (Å²) in [6.45, 7) is 0. The minimum Gasteiger partial charge on any atom is -0.343 e. The van der Waals surface area contributed by atoms with Crippen molar-refractivity contribution >= 4 is 33.2 Å². The van der Waals surface area contributed by atoms with Crippen molar-refractivity contribution in [3.05, 3.63) is 72.8 Å². The summed E-state index contributed by atoms with van der Waals surface area (Å²) in [6.07, 6.45) is 0. The molecule has 2 heteroatoms. The van der Waals surface area contributed by atoms with E-state index in [1.165, 1.54) is 33.2 Å². The number of fused-ring (bicyclic) bond motifs is 3. The zero-order valence-electron chi connectivity index (χ0n) is 12.8. The first-order chi connectivity index (χ1) is 10.8. The Morgan fingerprint density at radius 2 is 1.41 bits per heavy atom. The molecule has 22 heavy (non-hydrogen) atoms. The van der Waals surface area contributed by atoms with Crippen LogP contribution in [0.2, 0.25) is 0 Å². The second-order valence-corrected chi connectivity index (χ2v) is 5.64. The SMILES string of the molecule is CN(c1ccccc1)c1cccc2c3ccccc3n(C)c12. The van der Waals surface area contributed by atoms with Crippen LogP contribution in [0, 0.1) is 0 Å². The van der Waals surface area contributed by atoms with E-state index in [0.29, 0.717) is 0 Å². The summed E-state index contributed by atoms with van der Waals surface area (Å²) in [5.74, 6) is 0. The smallest absolute Gasteiger partial charge is 0.0729 e. The molecule has 0 aliphatic rings. The third kappa shape index (κ3) is 1.81. The molecule has 108 valence electrons. The predicted octanol–water partition coefficient (Wildman–Crippen LogP) is 5.10. The number of aryl methyl sites for hydroxylation is 1. The molecule has 1 heterocycles. The molecule has 4 rings (SSSR count). The first-order valence-corrected chi connectivity index (χ1v) is 7.52. The minimum atomic E-state index is 1.19. The van der Waals surface area contributed by atoms with Gasteiger partial charge in [0.2, 0.25) is 0 Å². The number of benzene rings is 3. The maximum Gasteiger partial charge on any atom is 0.0729 e. The zero-order chi connectivity index (χ0) is 15.1. The molecular formula is C20H18N2. The lowest BCUT2D eigenvalue weighted by Gasteiger charge is -2.21. The number of para-hydroxylation sites is 3. The number of nitrogens with zero attached hydrogens (tertiary/aromatic N) is 2. The molecule has 0 atom stereocenters. The molecular weight excluding hydrogens is 268 g/mol. The lowest BCUT2D eigenvalue weighted by Crippen LogP contribution is -2.10. The average Bonchev–Trinajstić information content (AvgIpc) is 2.89. The second kappa shape index (κ2) is 4.92. The lowest BCUT2D eigenvalue weighted by molar-refractivity contribution is 1.01. The normalized spacial score (nSPS) is 11.2. The number of hydrogen-bond donors (Lipinski definition) is 0. The van der Waals surface area contributed by atoms with Gasteiger partial charge in [-0.1, -0.05) is 48.5 Å². The Kier molecular flexibility index (Phi) is 2.90. The first-order valence-electron chi connectivity index (χ1n) is 7.52. The van der Waals surface area contributed by atoms with Crippen LogP contribution in [0.4, 0.5) is 11.4 Å². The molecule has 0 radical (unpaired) electrons. The molecule has 0 spiro atoms. The van der Waals surface area contributed by atoms with Gasteiger partial charge in [-0.05, 0) is 24.3 Å². The zero-order valence-corrected chi connectivity index (χ0v) is 12.8. The van der Waals surface area contributed by atoms with Crippen LogP contribution < -0.4 is 4.90 Å².